The molecule has 1 aliphatic rings. The Morgan fingerprint density at radius 3 is 2.87 bits per heavy atom. The Hall–Kier alpha value is -1.31. The first-order valence-electron chi connectivity index (χ1n) is 5.53. The molecular formula is C13H16NO. The van der Waals surface area contributed by atoms with Crippen LogP contribution >= 0.6 is 0 Å². The molecule has 0 spiro atoms. The SMILES string of the molecule is Cc1cccc(/[C]=N/OC2CCCC2)c1. The van der Waals surface area contributed by atoms with Crippen molar-refractivity contribution < 1.29 is 4.84 Å². The summed E-state index contributed by atoms with van der Waals surface area (Å²) in [4.78, 5) is 5.36. The number of nitrogens with zero attached hydrogens (tertiary/aromatic N) is 1. The minimum absolute atomic E-state index is 0.322. The summed E-state index contributed by atoms with van der Waals surface area (Å²) in [5, 5.41) is 3.91. The molecule has 1 saturated carbocycles. The van der Waals surface area contributed by atoms with Crippen LogP contribution in [0.15, 0.2) is 29.4 Å². The number of rotatable bonds is 3. The Bertz CT molecular complexity index is 340. The van der Waals surface area contributed by atoms with Gasteiger partial charge in [-0.15, -0.1) is 0 Å². The molecule has 0 aromatic heterocycles. The van der Waals surface area contributed by atoms with E-state index in [2.05, 4.69) is 24.4 Å². The molecule has 79 valence electrons. The zero-order chi connectivity index (χ0) is 10.5. The molecule has 1 radical (unpaired) electrons. The highest BCUT2D eigenvalue weighted by Crippen LogP contribution is 2.20. The van der Waals surface area contributed by atoms with Gasteiger partial charge in [0.2, 0.25) is 0 Å². The molecule has 0 unspecified atom stereocenters. The largest absolute Gasteiger partial charge is 0.392 e. The monoisotopic (exact) mass is 202 g/mol. The molecule has 1 aliphatic carbocycles. The van der Waals surface area contributed by atoms with Crippen molar-refractivity contribution in [3.8, 4) is 0 Å². The molecule has 2 heteroatoms. The standard InChI is InChI=1S/C13H16NO/c1-11-5-4-6-12(9-11)10-14-15-13-7-2-3-8-13/h4-6,9,13H,2-3,7-8H2,1H3. The second-order valence-corrected chi connectivity index (χ2v) is 4.08. The number of hydrogen-bond donors (Lipinski definition) is 0. The third-order valence-corrected chi connectivity index (χ3v) is 2.70. The first kappa shape index (κ1) is 10.2. The van der Waals surface area contributed by atoms with Crippen LogP contribution in [-0.4, -0.2) is 12.3 Å². The van der Waals surface area contributed by atoms with Gasteiger partial charge in [0.15, 0.2) is 0 Å². The van der Waals surface area contributed by atoms with E-state index < -0.39 is 0 Å². The van der Waals surface area contributed by atoms with E-state index in [4.69, 9.17) is 4.84 Å². The van der Waals surface area contributed by atoms with Gasteiger partial charge in [0.05, 0.1) is 0 Å². The molecule has 0 heterocycles. The van der Waals surface area contributed by atoms with Crippen LogP contribution in [-0.2, 0) is 4.84 Å². The van der Waals surface area contributed by atoms with Gasteiger partial charge in [0.25, 0.3) is 0 Å². The van der Waals surface area contributed by atoms with Crippen molar-refractivity contribution in [2.45, 2.75) is 38.7 Å². The highest BCUT2D eigenvalue weighted by atomic mass is 16.6. The fourth-order valence-electron chi connectivity index (χ4n) is 1.86. The Balaban J connectivity index is 1.87. The minimum Gasteiger partial charge on any atom is -0.392 e. The van der Waals surface area contributed by atoms with Crippen molar-refractivity contribution in [1.29, 1.82) is 0 Å². The second kappa shape index (κ2) is 4.96. The number of benzene rings is 1. The van der Waals surface area contributed by atoms with Crippen LogP contribution in [0.4, 0.5) is 0 Å². The summed E-state index contributed by atoms with van der Waals surface area (Å²) in [6.07, 6.45) is 8.05. The zero-order valence-corrected chi connectivity index (χ0v) is 9.07. The van der Waals surface area contributed by atoms with Crippen LogP contribution in [0.25, 0.3) is 0 Å². The minimum atomic E-state index is 0.322. The lowest BCUT2D eigenvalue weighted by molar-refractivity contribution is 0.0657. The summed E-state index contributed by atoms with van der Waals surface area (Å²) in [5.74, 6) is 0. The molecule has 0 aliphatic heterocycles. The van der Waals surface area contributed by atoms with E-state index >= 15 is 0 Å². The van der Waals surface area contributed by atoms with E-state index in [1.165, 1.54) is 18.4 Å². The number of aryl methyl sites for hydroxylation is 1. The molecule has 2 nitrogen and oxygen atoms in total. The maximum absolute atomic E-state index is 5.36. The smallest absolute Gasteiger partial charge is 0.139 e. The summed E-state index contributed by atoms with van der Waals surface area (Å²) >= 11 is 0. The van der Waals surface area contributed by atoms with Gasteiger partial charge < -0.3 is 4.84 Å². The van der Waals surface area contributed by atoms with Crippen LogP contribution < -0.4 is 0 Å². The number of hydrogen-bond acceptors (Lipinski definition) is 2. The average Bonchev–Trinajstić information content (AvgIpc) is 2.71. The quantitative estimate of drug-likeness (QED) is 0.545. The Labute approximate surface area is 90.9 Å². The van der Waals surface area contributed by atoms with Crippen molar-refractivity contribution in [2.24, 2.45) is 5.16 Å². The zero-order valence-electron chi connectivity index (χ0n) is 9.07. The van der Waals surface area contributed by atoms with Gasteiger partial charge in [0, 0.05) is 5.56 Å². The summed E-state index contributed by atoms with van der Waals surface area (Å²) < 4.78 is 0. The Kier molecular flexibility index (Phi) is 3.38. The second-order valence-electron chi connectivity index (χ2n) is 4.08. The molecule has 0 amide bonds. The topological polar surface area (TPSA) is 21.6 Å². The highest BCUT2D eigenvalue weighted by molar-refractivity contribution is 5.79. The molecule has 0 atom stereocenters. The first-order valence-corrected chi connectivity index (χ1v) is 5.53. The molecule has 1 fully saturated rings. The van der Waals surface area contributed by atoms with Crippen molar-refractivity contribution in [3.05, 3.63) is 35.4 Å². The molecule has 15 heavy (non-hydrogen) atoms. The predicted octanol–water partition coefficient (Wildman–Crippen LogP) is 3.17. The van der Waals surface area contributed by atoms with Gasteiger partial charge in [-0.05, 0) is 38.7 Å². The van der Waals surface area contributed by atoms with Crippen LogP contribution in [0.1, 0.15) is 36.8 Å². The van der Waals surface area contributed by atoms with Crippen LogP contribution in [0.3, 0.4) is 0 Å². The van der Waals surface area contributed by atoms with Gasteiger partial charge in [-0.2, -0.15) is 0 Å². The van der Waals surface area contributed by atoms with E-state index in [0.717, 1.165) is 18.4 Å². The van der Waals surface area contributed by atoms with E-state index in [1.807, 2.05) is 18.2 Å². The lowest BCUT2D eigenvalue weighted by Gasteiger charge is -2.04. The Morgan fingerprint density at radius 2 is 2.13 bits per heavy atom. The van der Waals surface area contributed by atoms with Crippen LogP contribution in [0.5, 0.6) is 0 Å². The molecule has 2 rings (SSSR count). The summed E-state index contributed by atoms with van der Waals surface area (Å²) in [6.45, 7) is 2.06. The van der Waals surface area contributed by atoms with Crippen molar-refractivity contribution in [1.82, 2.24) is 0 Å². The van der Waals surface area contributed by atoms with E-state index in [0.29, 0.717) is 6.10 Å². The van der Waals surface area contributed by atoms with Gasteiger partial charge >= 0.3 is 0 Å². The molecule has 0 bridgehead atoms. The molecule has 1 aromatic rings. The van der Waals surface area contributed by atoms with Crippen molar-refractivity contribution >= 4 is 6.21 Å². The van der Waals surface area contributed by atoms with E-state index in [-0.39, 0.29) is 0 Å². The average molecular weight is 202 g/mol. The molecule has 1 aromatic carbocycles. The summed E-state index contributed by atoms with van der Waals surface area (Å²) in [6, 6.07) is 8.09. The van der Waals surface area contributed by atoms with Crippen molar-refractivity contribution in [2.75, 3.05) is 0 Å². The Morgan fingerprint density at radius 1 is 1.33 bits per heavy atom. The first-order chi connectivity index (χ1) is 7.34. The van der Waals surface area contributed by atoms with E-state index in [9.17, 15) is 0 Å². The maximum atomic E-state index is 5.36. The van der Waals surface area contributed by atoms with E-state index in [1.54, 1.807) is 0 Å². The normalized spacial score (nSPS) is 17.4. The van der Waals surface area contributed by atoms with Crippen LogP contribution in [0.2, 0.25) is 0 Å². The molecular weight excluding hydrogens is 186 g/mol. The van der Waals surface area contributed by atoms with Crippen molar-refractivity contribution in [3.63, 3.8) is 0 Å². The van der Waals surface area contributed by atoms with Gasteiger partial charge in [0.1, 0.15) is 12.3 Å². The molecule has 0 N–H and O–H groups in total. The lowest BCUT2D eigenvalue weighted by Crippen LogP contribution is -2.02. The van der Waals surface area contributed by atoms with Crippen LogP contribution in [0, 0.1) is 6.92 Å². The maximum Gasteiger partial charge on any atom is 0.139 e. The fourth-order valence-corrected chi connectivity index (χ4v) is 1.86. The third kappa shape index (κ3) is 3.08. The molecule has 0 saturated heterocycles. The van der Waals surface area contributed by atoms with Gasteiger partial charge in [-0.1, -0.05) is 28.9 Å². The predicted molar refractivity (Wildman–Crippen MR) is 61.1 cm³/mol. The van der Waals surface area contributed by atoms with Gasteiger partial charge in [-0.3, -0.25) is 0 Å². The fraction of sp³-hybridized carbons (Fsp3) is 0.462. The lowest BCUT2D eigenvalue weighted by atomic mass is 10.2. The van der Waals surface area contributed by atoms with Gasteiger partial charge in [-0.25, -0.2) is 0 Å². The highest BCUT2D eigenvalue weighted by Gasteiger charge is 2.15. The summed E-state index contributed by atoms with van der Waals surface area (Å²) in [5.41, 5.74) is 2.20. The third-order valence-electron chi connectivity index (χ3n) is 2.70. The summed E-state index contributed by atoms with van der Waals surface area (Å²) in [7, 11) is 0.